The first kappa shape index (κ1) is 24.4. The quantitative estimate of drug-likeness (QED) is 0.199. The second kappa shape index (κ2) is 8.80. The Morgan fingerprint density at radius 1 is 1.06 bits per heavy atom. The van der Waals surface area contributed by atoms with Gasteiger partial charge in [0.15, 0.2) is 5.76 Å². The minimum atomic E-state index is -3.67. The number of furan rings is 1. The van der Waals surface area contributed by atoms with Crippen LogP contribution in [0.4, 0.5) is 0 Å². The van der Waals surface area contributed by atoms with Crippen molar-refractivity contribution in [2.45, 2.75) is 19.4 Å². The van der Waals surface area contributed by atoms with E-state index in [1.807, 2.05) is 0 Å². The topological polar surface area (TPSA) is 183 Å². The monoisotopic (exact) mass is 502 g/mol. The van der Waals surface area contributed by atoms with Gasteiger partial charge in [-0.25, -0.2) is 0 Å². The van der Waals surface area contributed by atoms with Gasteiger partial charge < -0.3 is 25.3 Å². The number of hydrogen-bond donors (Lipinski definition) is 5. The summed E-state index contributed by atoms with van der Waals surface area (Å²) in [5.74, 6) is -2.98. The van der Waals surface area contributed by atoms with Crippen molar-refractivity contribution in [2.24, 2.45) is 0 Å². The maximum Gasteiger partial charge on any atom is 0.261 e. The minimum absolute atomic E-state index is 0.0204. The zero-order chi connectivity index (χ0) is 25.7. The van der Waals surface area contributed by atoms with Gasteiger partial charge in [0.1, 0.15) is 17.3 Å². The van der Waals surface area contributed by atoms with E-state index < -0.39 is 39.1 Å². The first-order chi connectivity index (χ1) is 16.4. The molecule has 3 aromatic rings. The number of nitrogens with one attached hydrogen (secondary N) is 2. The minimum Gasteiger partial charge on any atom is -0.506 e. The Morgan fingerprint density at radius 2 is 1.60 bits per heavy atom. The highest BCUT2D eigenvalue weighted by atomic mass is 32.2. The van der Waals surface area contributed by atoms with E-state index in [-0.39, 0.29) is 50.6 Å². The Morgan fingerprint density at radius 3 is 2.11 bits per heavy atom. The van der Waals surface area contributed by atoms with Gasteiger partial charge in [0, 0.05) is 23.4 Å². The summed E-state index contributed by atoms with van der Waals surface area (Å²) in [6, 6.07) is 6.28. The van der Waals surface area contributed by atoms with Gasteiger partial charge >= 0.3 is 0 Å². The summed E-state index contributed by atoms with van der Waals surface area (Å²) in [5, 5.41) is 27.9. The number of carbonyl (C=O) groups is 3. The lowest BCUT2D eigenvalue weighted by Crippen LogP contribution is -2.37. The highest BCUT2D eigenvalue weighted by Gasteiger charge is 2.42. The lowest BCUT2D eigenvalue weighted by Gasteiger charge is -2.19. The number of phenols is 2. The highest BCUT2D eigenvalue weighted by molar-refractivity contribution is 7.85. The molecule has 1 atom stereocenters. The molecule has 0 radical (unpaired) electrons. The van der Waals surface area contributed by atoms with Crippen molar-refractivity contribution in [1.82, 2.24) is 10.6 Å². The van der Waals surface area contributed by atoms with E-state index in [1.54, 1.807) is 24.3 Å². The van der Waals surface area contributed by atoms with Gasteiger partial charge in [-0.2, -0.15) is 8.42 Å². The molecule has 1 saturated heterocycles. The zero-order valence-electron chi connectivity index (χ0n) is 18.7. The molecule has 2 aliphatic rings. The fraction of sp³-hybridized carbons (Fsp3) is 0.261. The fourth-order valence-electron chi connectivity index (χ4n) is 4.31. The normalized spacial score (nSPS) is 16.9. The second-order valence-corrected chi connectivity index (χ2v) is 9.75. The number of carbonyl (C=O) groups excluding carboxylic acids is 3. The fourth-order valence-corrected chi connectivity index (χ4v) is 4.31. The van der Waals surface area contributed by atoms with Gasteiger partial charge in [-0.15, -0.1) is 0 Å². The summed E-state index contributed by atoms with van der Waals surface area (Å²) in [7, 11) is -3.67. The number of hydrogen-bond acceptors (Lipinski definition) is 9. The van der Waals surface area contributed by atoms with Crippen LogP contribution >= 0.6 is 0 Å². The third-order valence-electron chi connectivity index (χ3n) is 5.76. The van der Waals surface area contributed by atoms with E-state index in [1.165, 1.54) is 6.92 Å². The van der Waals surface area contributed by atoms with Crippen molar-refractivity contribution in [3.63, 3.8) is 0 Å². The molecule has 1 amide bonds. The summed E-state index contributed by atoms with van der Waals surface area (Å²) in [4.78, 5) is 39.4. The first-order valence-corrected chi connectivity index (χ1v) is 12.4. The third kappa shape index (κ3) is 4.38. The van der Waals surface area contributed by atoms with Gasteiger partial charge in [0.25, 0.3) is 16.0 Å². The maximum atomic E-state index is 13.4. The Balaban J connectivity index is 0.000000527. The molecule has 1 aliphatic carbocycles. The van der Waals surface area contributed by atoms with Crippen LogP contribution in [0.2, 0.25) is 0 Å². The summed E-state index contributed by atoms with van der Waals surface area (Å²) < 4.78 is 31.4. The predicted octanol–water partition coefficient (Wildman–Crippen LogP) is 1.52. The van der Waals surface area contributed by atoms with Gasteiger partial charge in [-0.05, 0) is 19.9 Å². The van der Waals surface area contributed by atoms with Crippen LogP contribution in [-0.2, 0) is 10.1 Å². The Bertz CT molecular complexity index is 1490. The van der Waals surface area contributed by atoms with Crippen LogP contribution in [0.1, 0.15) is 54.6 Å². The molecule has 5 N–H and O–H groups in total. The Hall–Kier alpha value is -3.74. The van der Waals surface area contributed by atoms with Crippen LogP contribution in [0.15, 0.2) is 28.7 Å². The van der Waals surface area contributed by atoms with E-state index in [9.17, 15) is 33.0 Å². The van der Waals surface area contributed by atoms with Crippen molar-refractivity contribution in [1.29, 1.82) is 0 Å². The van der Waals surface area contributed by atoms with E-state index in [0.29, 0.717) is 12.8 Å². The largest absolute Gasteiger partial charge is 0.506 e. The van der Waals surface area contributed by atoms with E-state index in [4.69, 9.17) is 8.97 Å². The van der Waals surface area contributed by atoms with E-state index >= 15 is 0 Å². The molecule has 1 aromatic heterocycles. The van der Waals surface area contributed by atoms with E-state index in [2.05, 4.69) is 10.6 Å². The van der Waals surface area contributed by atoms with E-state index in [0.717, 1.165) is 13.0 Å². The molecule has 11 nitrogen and oxygen atoms in total. The number of benzene rings is 2. The molecular weight excluding hydrogens is 480 g/mol. The molecule has 0 saturated carbocycles. The SMILES string of the molecule is CS(=O)(=O)O.Cc1oc2c(c1C(=O)N[C@@H]1CCNC1)C(=O)c1c(c(O)c3ccccc3c1O)C2=O. The van der Waals surface area contributed by atoms with Gasteiger partial charge in [-0.3, -0.25) is 18.9 Å². The van der Waals surface area contributed by atoms with Gasteiger partial charge in [0.05, 0.1) is 28.5 Å². The smallest absolute Gasteiger partial charge is 0.261 e. The molecule has 35 heavy (non-hydrogen) atoms. The molecule has 0 unspecified atom stereocenters. The summed E-state index contributed by atoms with van der Waals surface area (Å²) in [5.41, 5.74) is -0.836. The van der Waals surface area contributed by atoms with Crippen LogP contribution in [-0.4, -0.2) is 66.0 Å². The molecule has 184 valence electrons. The van der Waals surface area contributed by atoms with Crippen molar-refractivity contribution in [3.8, 4) is 11.5 Å². The summed E-state index contributed by atoms with van der Waals surface area (Å²) >= 11 is 0. The number of aromatic hydroxyl groups is 2. The molecule has 2 heterocycles. The Labute approximate surface area is 199 Å². The average molecular weight is 503 g/mol. The number of ketones is 2. The van der Waals surface area contributed by atoms with Crippen LogP contribution < -0.4 is 10.6 Å². The zero-order valence-corrected chi connectivity index (χ0v) is 19.5. The number of rotatable bonds is 2. The van der Waals surface area contributed by atoms with Gasteiger partial charge in [-0.1, -0.05) is 24.3 Å². The van der Waals surface area contributed by atoms with Crippen molar-refractivity contribution < 1.29 is 42.0 Å². The molecule has 1 fully saturated rings. The number of fused-ring (bicyclic) bond motifs is 3. The standard InChI is InChI=1S/C22H18N2O6.CH4O3S/c1-9-13(22(29)24-10-6-7-23-8-10)16-19(27)14-15(20(28)21(16)30-9)18(26)12-5-3-2-4-11(12)17(14)25;1-5(2,3)4/h2-5,10,23,25-26H,6-8H2,1H3,(H,24,29);1H3,(H,2,3,4)/t10-;/m1./s1. The van der Waals surface area contributed by atoms with Crippen molar-refractivity contribution in [3.05, 3.63) is 58.0 Å². The lowest BCUT2D eigenvalue weighted by atomic mass is 9.83. The maximum absolute atomic E-state index is 13.4. The average Bonchev–Trinajstić information content (AvgIpc) is 3.41. The summed E-state index contributed by atoms with van der Waals surface area (Å²) in [6.45, 7) is 2.89. The number of amides is 1. The highest BCUT2D eigenvalue weighted by Crippen LogP contribution is 2.45. The molecular formula is C23H22N2O9S. The van der Waals surface area contributed by atoms with Crippen molar-refractivity contribution >= 4 is 38.4 Å². The second-order valence-electron chi connectivity index (χ2n) is 8.28. The van der Waals surface area contributed by atoms with Crippen molar-refractivity contribution in [2.75, 3.05) is 19.3 Å². The summed E-state index contributed by atoms with van der Waals surface area (Å²) in [6.07, 6.45) is 1.47. The molecule has 1 aliphatic heterocycles. The number of aryl methyl sites for hydroxylation is 1. The molecule has 0 spiro atoms. The first-order valence-electron chi connectivity index (χ1n) is 10.5. The molecule has 0 bridgehead atoms. The Kier molecular flexibility index (Phi) is 6.13. The van der Waals surface area contributed by atoms with Crippen LogP contribution in [0.5, 0.6) is 11.5 Å². The predicted molar refractivity (Wildman–Crippen MR) is 124 cm³/mol. The third-order valence-corrected chi connectivity index (χ3v) is 5.76. The molecule has 12 heteroatoms. The number of phenolic OH excluding ortho intramolecular Hbond substituents is 2. The van der Waals surface area contributed by atoms with Crippen LogP contribution in [0, 0.1) is 6.92 Å². The lowest BCUT2D eigenvalue weighted by molar-refractivity contribution is 0.0926. The van der Waals surface area contributed by atoms with Crippen LogP contribution in [0.25, 0.3) is 10.8 Å². The van der Waals surface area contributed by atoms with Gasteiger partial charge in [0.2, 0.25) is 11.6 Å². The van der Waals surface area contributed by atoms with Crippen LogP contribution in [0.3, 0.4) is 0 Å². The molecule has 2 aromatic carbocycles. The molecule has 5 rings (SSSR count).